The maximum atomic E-state index is 12.8. The average Bonchev–Trinajstić information content (AvgIpc) is 2.63. The van der Waals surface area contributed by atoms with Crippen molar-refractivity contribution in [1.82, 2.24) is 0 Å². The minimum absolute atomic E-state index is 0.0384. The van der Waals surface area contributed by atoms with Gasteiger partial charge in [-0.1, -0.05) is 31.5 Å². The predicted octanol–water partition coefficient (Wildman–Crippen LogP) is 5.10. The Kier molecular flexibility index (Phi) is 7.03. The van der Waals surface area contributed by atoms with Crippen LogP contribution in [0.2, 0.25) is 0 Å². The third kappa shape index (κ3) is 5.48. The summed E-state index contributed by atoms with van der Waals surface area (Å²) in [6.07, 6.45) is -3.36. The fraction of sp³-hybridized carbons (Fsp3) is 0.300. The summed E-state index contributed by atoms with van der Waals surface area (Å²) in [5, 5.41) is 0. The number of unbranched alkanes of at least 4 members (excludes halogenated alkanes) is 1. The molecule has 0 aliphatic rings. The van der Waals surface area contributed by atoms with Crippen LogP contribution in [0.15, 0.2) is 36.4 Å². The third-order valence-electron chi connectivity index (χ3n) is 3.77. The van der Waals surface area contributed by atoms with E-state index in [0.29, 0.717) is 6.42 Å². The topological polar surface area (TPSA) is 61.8 Å². The molecule has 0 saturated carbocycles. The molecule has 0 aliphatic carbocycles. The Bertz CT molecular complexity index is 832. The lowest BCUT2D eigenvalue weighted by molar-refractivity contribution is -0.274. The highest BCUT2D eigenvalue weighted by atomic mass is 19.4. The standard InChI is InChI=1S/C20H19F3O5/c1-3-4-10-26-16-11-14(12-24)18(28-20(21,22)23)13(2)17(16)19(25)27-15-8-6-5-7-9-15/h5-9,11-12H,3-4,10H2,1-2H3. The Hall–Kier alpha value is -3.03. The molecule has 0 bridgehead atoms. The van der Waals surface area contributed by atoms with Crippen LogP contribution < -0.4 is 14.2 Å². The lowest BCUT2D eigenvalue weighted by Gasteiger charge is -2.19. The maximum Gasteiger partial charge on any atom is 0.573 e. The summed E-state index contributed by atoms with van der Waals surface area (Å²) in [7, 11) is 0. The van der Waals surface area contributed by atoms with Gasteiger partial charge >= 0.3 is 12.3 Å². The van der Waals surface area contributed by atoms with Crippen molar-refractivity contribution in [2.45, 2.75) is 33.1 Å². The van der Waals surface area contributed by atoms with E-state index >= 15 is 0 Å². The normalized spacial score (nSPS) is 11.0. The van der Waals surface area contributed by atoms with Gasteiger partial charge in [0.1, 0.15) is 22.8 Å². The molecule has 0 atom stereocenters. The van der Waals surface area contributed by atoms with Gasteiger partial charge in [0.2, 0.25) is 0 Å². The van der Waals surface area contributed by atoms with E-state index in [0.717, 1.165) is 12.5 Å². The van der Waals surface area contributed by atoms with E-state index < -0.39 is 18.1 Å². The lowest BCUT2D eigenvalue weighted by Crippen LogP contribution is -2.21. The number of esters is 1. The molecule has 0 fully saturated rings. The molecule has 0 saturated heterocycles. The minimum Gasteiger partial charge on any atom is -0.493 e. The monoisotopic (exact) mass is 396 g/mol. The number of aldehydes is 1. The van der Waals surface area contributed by atoms with Crippen LogP contribution in [0, 0.1) is 6.92 Å². The van der Waals surface area contributed by atoms with E-state index in [1.54, 1.807) is 18.2 Å². The van der Waals surface area contributed by atoms with E-state index in [1.165, 1.54) is 19.1 Å². The number of benzene rings is 2. The van der Waals surface area contributed by atoms with Crippen molar-refractivity contribution in [3.63, 3.8) is 0 Å². The first-order chi connectivity index (χ1) is 13.3. The molecule has 0 radical (unpaired) electrons. The number of alkyl halides is 3. The highest BCUT2D eigenvalue weighted by Crippen LogP contribution is 2.37. The lowest BCUT2D eigenvalue weighted by atomic mass is 10.0. The van der Waals surface area contributed by atoms with E-state index in [9.17, 15) is 22.8 Å². The molecular weight excluding hydrogens is 377 g/mol. The number of rotatable bonds is 8. The van der Waals surface area contributed by atoms with Crippen LogP contribution in [0.25, 0.3) is 0 Å². The molecule has 2 aromatic rings. The van der Waals surface area contributed by atoms with Gasteiger partial charge in [0.25, 0.3) is 0 Å². The maximum absolute atomic E-state index is 12.8. The average molecular weight is 396 g/mol. The molecule has 5 nitrogen and oxygen atoms in total. The van der Waals surface area contributed by atoms with Crippen molar-refractivity contribution in [3.8, 4) is 17.2 Å². The highest BCUT2D eigenvalue weighted by Gasteiger charge is 2.35. The first-order valence-electron chi connectivity index (χ1n) is 8.55. The van der Waals surface area contributed by atoms with E-state index in [1.807, 2.05) is 6.92 Å². The molecule has 0 aromatic heterocycles. The predicted molar refractivity (Wildman–Crippen MR) is 95.1 cm³/mol. The molecule has 2 aromatic carbocycles. The van der Waals surface area contributed by atoms with E-state index in [4.69, 9.17) is 9.47 Å². The summed E-state index contributed by atoms with van der Waals surface area (Å²) in [5.74, 6) is -1.50. The minimum atomic E-state index is -5.03. The van der Waals surface area contributed by atoms with Crippen LogP contribution in [0.3, 0.4) is 0 Å². The quantitative estimate of drug-likeness (QED) is 0.269. The second-order valence-electron chi connectivity index (χ2n) is 5.86. The van der Waals surface area contributed by atoms with E-state index in [-0.39, 0.29) is 41.1 Å². The Morgan fingerprint density at radius 1 is 1.18 bits per heavy atom. The summed E-state index contributed by atoms with van der Waals surface area (Å²) in [6.45, 7) is 3.39. The number of carbonyl (C=O) groups is 2. The first kappa shape index (κ1) is 21.3. The number of halogens is 3. The number of para-hydroxylation sites is 1. The smallest absolute Gasteiger partial charge is 0.493 e. The van der Waals surface area contributed by atoms with Gasteiger partial charge in [0, 0.05) is 5.56 Å². The molecule has 0 N–H and O–H groups in total. The Labute approximate surface area is 160 Å². The van der Waals surface area contributed by atoms with Gasteiger partial charge in [-0.25, -0.2) is 4.79 Å². The van der Waals surface area contributed by atoms with Crippen LogP contribution in [-0.4, -0.2) is 25.2 Å². The van der Waals surface area contributed by atoms with Gasteiger partial charge in [-0.15, -0.1) is 13.2 Å². The molecule has 0 heterocycles. The third-order valence-corrected chi connectivity index (χ3v) is 3.77. The van der Waals surface area contributed by atoms with Crippen molar-refractivity contribution in [2.24, 2.45) is 0 Å². The second-order valence-corrected chi connectivity index (χ2v) is 5.86. The van der Waals surface area contributed by atoms with Gasteiger partial charge in [0.15, 0.2) is 6.29 Å². The largest absolute Gasteiger partial charge is 0.573 e. The SMILES string of the molecule is CCCCOc1cc(C=O)c(OC(F)(F)F)c(C)c1C(=O)Oc1ccccc1. The molecule has 0 amide bonds. The zero-order chi connectivity index (χ0) is 20.7. The van der Waals surface area contributed by atoms with Gasteiger partial charge in [0.05, 0.1) is 12.2 Å². The summed E-state index contributed by atoms with van der Waals surface area (Å²) < 4.78 is 53.1. The van der Waals surface area contributed by atoms with Crippen molar-refractivity contribution >= 4 is 12.3 Å². The Morgan fingerprint density at radius 3 is 2.43 bits per heavy atom. The fourth-order valence-corrected chi connectivity index (χ4v) is 2.47. The summed E-state index contributed by atoms with van der Waals surface area (Å²) in [6, 6.07) is 9.10. The Morgan fingerprint density at radius 2 is 1.86 bits per heavy atom. The zero-order valence-corrected chi connectivity index (χ0v) is 15.3. The molecule has 8 heteroatoms. The molecule has 28 heavy (non-hydrogen) atoms. The zero-order valence-electron chi connectivity index (χ0n) is 15.3. The van der Waals surface area contributed by atoms with Gasteiger partial charge in [-0.2, -0.15) is 0 Å². The van der Waals surface area contributed by atoms with Crippen LogP contribution in [0.5, 0.6) is 17.2 Å². The summed E-state index contributed by atoms with van der Waals surface area (Å²) >= 11 is 0. The van der Waals surface area contributed by atoms with Gasteiger partial charge in [-0.3, -0.25) is 4.79 Å². The number of hydrogen-bond acceptors (Lipinski definition) is 5. The van der Waals surface area contributed by atoms with E-state index in [2.05, 4.69) is 4.74 Å². The van der Waals surface area contributed by atoms with Crippen LogP contribution in [-0.2, 0) is 0 Å². The van der Waals surface area contributed by atoms with Crippen LogP contribution in [0.4, 0.5) is 13.2 Å². The molecule has 0 unspecified atom stereocenters. The van der Waals surface area contributed by atoms with Crippen LogP contribution in [0.1, 0.15) is 46.0 Å². The van der Waals surface area contributed by atoms with Crippen molar-refractivity contribution in [1.29, 1.82) is 0 Å². The summed E-state index contributed by atoms with van der Waals surface area (Å²) in [5.41, 5.74) is -0.809. The molecule has 2 rings (SSSR count). The van der Waals surface area contributed by atoms with Gasteiger partial charge < -0.3 is 14.2 Å². The molecule has 0 aliphatic heterocycles. The molecule has 0 spiro atoms. The number of hydrogen-bond donors (Lipinski definition) is 0. The molecular formula is C20H19F3O5. The highest BCUT2D eigenvalue weighted by molar-refractivity contribution is 5.98. The van der Waals surface area contributed by atoms with Crippen molar-refractivity contribution < 1.29 is 37.0 Å². The first-order valence-corrected chi connectivity index (χ1v) is 8.55. The van der Waals surface area contributed by atoms with Gasteiger partial charge in [-0.05, 0) is 31.5 Å². The Balaban J connectivity index is 2.52. The number of ether oxygens (including phenoxy) is 3. The fourth-order valence-electron chi connectivity index (χ4n) is 2.47. The molecule has 150 valence electrons. The van der Waals surface area contributed by atoms with Crippen LogP contribution >= 0.6 is 0 Å². The second kappa shape index (κ2) is 9.25. The summed E-state index contributed by atoms with van der Waals surface area (Å²) in [4.78, 5) is 24.0. The van der Waals surface area contributed by atoms with Crippen molar-refractivity contribution in [3.05, 3.63) is 53.1 Å². The number of carbonyl (C=O) groups excluding carboxylic acids is 2. The van der Waals surface area contributed by atoms with Crippen molar-refractivity contribution in [2.75, 3.05) is 6.61 Å².